The number of aromatic nitrogens is 2. The molecule has 9 aromatic rings. The minimum absolute atomic E-state index is 0.913. The Morgan fingerprint density at radius 1 is 0.488 bits per heavy atom. The highest BCUT2D eigenvalue weighted by Crippen LogP contribution is 2.42. The van der Waals surface area contributed by atoms with Gasteiger partial charge in [0, 0.05) is 45.1 Å². The van der Waals surface area contributed by atoms with E-state index < -0.39 is 0 Å². The third-order valence-electron chi connectivity index (χ3n) is 8.29. The fraction of sp³-hybridized carbons (Fsp3) is 0. The van der Waals surface area contributed by atoms with Crippen molar-refractivity contribution in [2.75, 3.05) is 0 Å². The van der Waals surface area contributed by atoms with Crippen LogP contribution in [0.1, 0.15) is 0 Å². The molecule has 3 heterocycles. The third kappa shape index (κ3) is 3.39. The Bertz CT molecular complexity index is 2490. The molecule has 0 saturated carbocycles. The maximum Gasteiger partial charge on any atom is 0.143 e. The normalized spacial score (nSPS) is 11.9. The van der Waals surface area contributed by atoms with Crippen molar-refractivity contribution in [2.45, 2.75) is 0 Å². The van der Waals surface area contributed by atoms with Crippen LogP contribution < -0.4 is 0 Å². The van der Waals surface area contributed by atoms with E-state index in [1.54, 1.807) is 0 Å². The summed E-state index contributed by atoms with van der Waals surface area (Å²) >= 11 is 0. The first-order valence-electron chi connectivity index (χ1n) is 13.8. The van der Waals surface area contributed by atoms with Crippen LogP contribution in [-0.2, 0) is 0 Å². The predicted molar refractivity (Wildman–Crippen MR) is 170 cm³/mol. The maximum atomic E-state index is 6.49. The van der Waals surface area contributed by atoms with Gasteiger partial charge in [-0.05, 0) is 68.9 Å². The van der Waals surface area contributed by atoms with Crippen molar-refractivity contribution in [1.29, 1.82) is 0 Å². The number of fused-ring (bicyclic) bond motifs is 8. The van der Waals surface area contributed by atoms with Crippen molar-refractivity contribution >= 4 is 65.2 Å². The smallest absolute Gasteiger partial charge is 0.143 e. The average Bonchev–Trinajstić information content (AvgIpc) is 3.41. The van der Waals surface area contributed by atoms with Gasteiger partial charge in [0.05, 0.1) is 11.2 Å². The molecule has 3 heteroatoms. The van der Waals surface area contributed by atoms with Crippen LogP contribution in [0, 0.1) is 0 Å². The predicted octanol–water partition coefficient (Wildman–Crippen LogP) is 10.3. The van der Waals surface area contributed by atoms with Gasteiger partial charge in [0.15, 0.2) is 0 Å². The van der Waals surface area contributed by atoms with E-state index in [0.29, 0.717) is 0 Å². The molecule has 0 aliphatic carbocycles. The molecule has 0 atom stereocenters. The minimum atomic E-state index is 0.913. The first-order chi connectivity index (χ1) is 20.3. The Morgan fingerprint density at radius 2 is 1.22 bits per heavy atom. The average molecular weight is 523 g/mol. The Morgan fingerprint density at radius 3 is 2.15 bits per heavy atom. The molecule has 0 spiro atoms. The van der Waals surface area contributed by atoms with Crippen LogP contribution in [-0.4, -0.2) is 9.97 Å². The van der Waals surface area contributed by atoms with Gasteiger partial charge in [-0.25, -0.2) is 4.98 Å². The van der Waals surface area contributed by atoms with E-state index in [1.807, 2.05) is 30.6 Å². The van der Waals surface area contributed by atoms with E-state index >= 15 is 0 Å². The van der Waals surface area contributed by atoms with Crippen LogP contribution in [0.5, 0.6) is 0 Å². The Kier molecular flexibility index (Phi) is 4.61. The van der Waals surface area contributed by atoms with Gasteiger partial charge >= 0.3 is 0 Å². The van der Waals surface area contributed by atoms with Crippen molar-refractivity contribution in [3.05, 3.63) is 134 Å². The molecule has 6 aromatic carbocycles. The van der Waals surface area contributed by atoms with E-state index in [-0.39, 0.29) is 0 Å². The number of hydrogen-bond donors (Lipinski definition) is 0. The van der Waals surface area contributed by atoms with Gasteiger partial charge in [0.1, 0.15) is 11.2 Å². The molecule has 0 amide bonds. The summed E-state index contributed by atoms with van der Waals surface area (Å²) in [6.45, 7) is 0. The highest BCUT2D eigenvalue weighted by Gasteiger charge is 2.16. The first kappa shape index (κ1) is 22.3. The van der Waals surface area contributed by atoms with E-state index in [2.05, 4.69) is 108 Å². The molecule has 0 fully saturated rings. The van der Waals surface area contributed by atoms with Crippen LogP contribution in [0.2, 0.25) is 0 Å². The van der Waals surface area contributed by atoms with Crippen LogP contribution in [0.4, 0.5) is 0 Å². The molecule has 0 aliphatic heterocycles. The van der Waals surface area contributed by atoms with Crippen molar-refractivity contribution in [3.8, 4) is 22.4 Å². The van der Waals surface area contributed by atoms with Gasteiger partial charge < -0.3 is 4.42 Å². The Hall–Kier alpha value is -5.54. The van der Waals surface area contributed by atoms with Crippen molar-refractivity contribution in [3.63, 3.8) is 0 Å². The number of nitrogens with zero attached hydrogens (tertiary/aromatic N) is 2. The number of furan rings is 1. The second kappa shape index (κ2) is 8.48. The van der Waals surface area contributed by atoms with Crippen LogP contribution in [0.3, 0.4) is 0 Å². The molecule has 41 heavy (non-hydrogen) atoms. The summed E-state index contributed by atoms with van der Waals surface area (Å²) < 4.78 is 6.49. The molecular weight excluding hydrogens is 500 g/mol. The summed E-state index contributed by atoms with van der Waals surface area (Å²) in [6, 6.07) is 43.0. The number of para-hydroxylation sites is 1. The van der Waals surface area contributed by atoms with Gasteiger partial charge in [0.25, 0.3) is 0 Å². The molecule has 9 rings (SSSR count). The lowest BCUT2D eigenvalue weighted by molar-refractivity contribution is 0.670. The Labute approximate surface area is 235 Å². The minimum Gasteiger partial charge on any atom is -0.455 e. The number of rotatable bonds is 2. The zero-order valence-electron chi connectivity index (χ0n) is 22.0. The lowest BCUT2D eigenvalue weighted by Crippen LogP contribution is -1.88. The van der Waals surface area contributed by atoms with E-state index in [1.165, 1.54) is 21.5 Å². The fourth-order valence-corrected chi connectivity index (χ4v) is 6.28. The summed E-state index contributed by atoms with van der Waals surface area (Å²) in [6.07, 6.45) is 3.73. The van der Waals surface area contributed by atoms with Gasteiger partial charge in [-0.3, -0.25) is 4.98 Å². The third-order valence-corrected chi connectivity index (χ3v) is 8.29. The quantitative estimate of drug-likeness (QED) is 0.212. The lowest BCUT2D eigenvalue weighted by Gasteiger charge is -2.11. The second-order valence-electron chi connectivity index (χ2n) is 10.7. The monoisotopic (exact) mass is 522 g/mol. The topological polar surface area (TPSA) is 38.9 Å². The molecule has 0 N–H and O–H groups in total. The van der Waals surface area contributed by atoms with E-state index in [4.69, 9.17) is 9.40 Å². The molecule has 0 bridgehead atoms. The van der Waals surface area contributed by atoms with Crippen molar-refractivity contribution < 1.29 is 4.42 Å². The number of hydrogen-bond acceptors (Lipinski definition) is 3. The highest BCUT2D eigenvalue weighted by molar-refractivity contribution is 6.18. The lowest BCUT2D eigenvalue weighted by atomic mass is 9.93. The van der Waals surface area contributed by atoms with E-state index in [9.17, 15) is 0 Å². The summed E-state index contributed by atoms with van der Waals surface area (Å²) in [5.41, 5.74) is 7.16. The van der Waals surface area contributed by atoms with Crippen LogP contribution >= 0.6 is 0 Å². The summed E-state index contributed by atoms with van der Waals surface area (Å²) in [4.78, 5) is 9.43. The standard InChI is InChI=1S/C38H22N2O/c1-2-6-30-27(5-1)21-32-31-7-3-4-8-35(31)41-38(32)36(30)29-14-12-25-19-28(13-11-26(25)20-29)34-16-15-24-10-9-23-17-18-39-22-33(23)37(24)40-34/h1-22H. The van der Waals surface area contributed by atoms with Crippen molar-refractivity contribution in [1.82, 2.24) is 9.97 Å². The maximum absolute atomic E-state index is 6.49. The van der Waals surface area contributed by atoms with Crippen LogP contribution in [0.15, 0.2) is 138 Å². The molecule has 3 nitrogen and oxygen atoms in total. The summed E-state index contributed by atoms with van der Waals surface area (Å²) in [5, 5.41) is 10.4. The molecule has 0 unspecified atom stereocenters. The molecule has 0 aliphatic rings. The molecule has 0 radical (unpaired) electrons. The van der Waals surface area contributed by atoms with Gasteiger partial charge in [-0.1, -0.05) is 84.9 Å². The molecule has 0 saturated heterocycles. The highest BCUT2D eigenvalue weighted by atomic mass is 16.3. The zero-order valence-corrected chi connectivity index (χ0v) is 22.0. The SMILES string of the molecule is c1ccc2c(-c3ccc4cc(-c5ccc6ccc7ccncc7c6n5)ccc4c3)c3oc4ccccc4c3cc2c1. The number of benzene rings is 6. The van der Waals surface area contributed by atoms with Crippen LogP contribution in [0.25, 0.3) is 87.5 Å². The molecule has 190 valence electrons. The zero-order chi connectivity index (χ0) is 26.9. The number of pyridine rings is 2. The second-order valence-corrected chi connectivity index (χ2v) is 10.7. The Balaban J connectivity index is 1.22. The fourth-order valence-electron chi connectivity index (χ4n) is 6.28. The molecular formula is C38H22N2O. The summed E-state index contributed by atoms with van der Waals surface area (Å²) in [5.74, 6) is 0. The van der Waals surface area contributed by atoms with E-state index in [0.717, 1.165) is 66.0 Å². The first-order valence-corrected chi connectivity index (χ1v) is 13.8. The molecule has 3 aromatic heterocycles. The van der Waals surface area contributed by atoms with Gasteiger partial charge in [-0.2, -0.15) is 0 Å². The van der Waals surface area contributed by atoms with Gasteiger partial charge in [0.2, 0.25) is 0 Å². The van der Waals surface area contributed by atoms with Crippen molar-refractivity contribution in [2.24, 2.45) is 0 Å². The largest absolute Gasteiger partial charge is 0.455 e. The van der Waals surface area contributed by atoms with Gasteiger partial charge in [-0.15, -0.1) is 0 Å². The summed E-state index contributed by atoms with van der Waals surface area (Å²) in [7, 11) is 0.